The van der Waals surface area contributed by atoms with Crippen LogP contribution in [0, 0.1) is 0 Å². The molecule has 2 aromatic rings. The lowest BCUT2D eigenvalue weighted by atomic mass is 10.1. The smallest absolute Gasteiger partial charge is 0.125 e. The monoisotopic (exact) mass is 336 g/mol. The normalized spacial score (nSPS) is 13.8. The minimum Gasteiger partial charge on any atom is -0.490 e. The molecule has 106 valence electrons. The lowest BCUT2D eigenvalue weighted by Gasteiger charge is -2.16. The fraction of sp³-hybridized carbons (Fsp3) is 0.250. The molecule has 0 aliphatic carbocycles. The van der Waals surface area contributed by atoms with E-state index in [0.717, 1.165) is 10.0 Å². The summed E-state index contributed by atoms with van der Waals surface area (Å²) in [7, 11) is 0. The summed E-state index contributed by atoms with van der Waals surface area (Å²) in [5.41, 5.74) is 1.50. The van der Waals surface area contributed by atoms with Gasteiger partial charge in [0.2, 0.25) is 0 Å². The van der Waals surface area contributed by atoms with Gasteiger partial charge in [-0.3, -0.25) is 0 Å². The quantitative estimate of drug-likeness (QED) is 0.876. The molecule has 1 unspecified atom stereocenters. The maximum absolute atomic E-state index is 10.1. The van der Waals surface area contributed by atoms with Crippen LogP contribution in [0.15, 0.2) is 53.0 Å². The molecule has 0 heterocycles. The summed E-state index contributed by atoms with van der Waals surface area (Å²) in [6.07, 6.45) is -1.32. The van der Waals surface area contributed by atoms with E-state index in [1.165, 1.54) is 0 Å². The van der Waals surface area contributed by atoms with Crippen molar-refractivity contribution in [3.8, 4) is 5.75 Å². The van der Waals surface area contributed by atoms with E-state index in [1.807, 2.05) is 42.5 Å². The molecule has 0 aliphatic heterocycles. The molecule has 0 bridgehead atoms. The maximum atomic E-state index is 10.1. The molecule has 0 spiro atoms. The summed E-state index contributed by atoms with van der Waals surface area (Å²) in [5, 5.41) is 19.8. The molecule has 2 aromatic carbocycles. The molecule has 20 heavy (non-hydrogen) atoms. The van der Waals surface area contributed by atoms with Gasteiger partial charge in [0.05, 0.1) is 6.10 Å². The van der Waals surface area contributed by atoms with Crippen LogP contribution in [0.25, 0.3) is 0 Å². The molecule has 2 atom stereocenters. The van der Waals surface area contributed by atoms with E-state index in [0.29, 0.717) is 11.3 Å². The first-order chi connectivity index (χ1) is 9.58. The molecular weight excluding hydrogens is 320 g/mol. The SMILES string of the molecule is C[C@H](O)c1cc(Br)ccc1OCC(O)c1ccccc1. The van der Waals surface area contributed by atoms with E-state index in [-0.39, 0.29) is 6.61 Å². The Morgan fingerprint density at radius 3 is 2.45 bits per heavy atom. The molecule has 0 saturated carbocycles. The van der Waals surface area contributed by atoms with Crippen LogP contribution in [0.4, 0.5) is 0 Å². The first-order valence-electron chi connectivity index (χ1n) is 6.41. The zero-order valence-corrected chi connectivity index (χ0v) is 12.7. The van der Waals surface area contributed by atoms with Crippen molar-refractivity contribution in [2.75, 3.05) is 6.61 Å². The van der Waals surface area contributed by atoms with Crippen molar-refractivity contribution in [2.45, 2.75) is 19.1 Å². The Hall–Kier alpha value is -1.36. The van der Waals surface area contributed by atoms with E-state index in [4.69, 9.17) is 4.74 Å². The molecule has 0 aliphatic rings. The molecule has 0 radical (unpaired) electrons. The van der Waals surface area contributed by atoms with Gasteiger partial charge in [-0.2, -0.15) is 0 Å². The van der Waals surface area contributed by atoms with Gasteiger partial charge in [-0.05, 0) is 30.7 Å². The van der Waals surface area contributed by atoms with Crippen molar-refractivity contribution in [3.63, 3.8) is 0 Å². The molecule has 0 fully saturated rings. The van der Waals surface area contributed by atoms with Crippen LogP contribution in [0.5, 0.6) is 5.75 Å². The molecule has 3 nitrogen and oxygen atoms in total. The summed E-state index contributed by atoms with van der Waals surface area (Å²) >= 11 is 3.37. The van der Waals surface area contributed by atoms with Crippen LogP contribution in [-0.4, -0.2) is 16.8 Å². The topological polar surface area (TPSA) is 49.7 Å². The van der Waals surface area contributed by atoms with Crippen LogP contribution < -0.4 is 4.74 Å². The van der Waals surface area contributed by atoms with E-state index < -0.39 is 12.2 Å². The summed E-state index contributed by atoms with van der Waals surface area (Å²) in [4.78, 5) is 0. The lowest BCUT2D eigenvalue weighted by molar-refractivity contribution is 0.105. The van der Waals surface area contributed by atoms with Crippen molar-refractivity contribution in [1.29, 1.82) is 0 Å². The van der Waals surface area contributed by atoms with E-state index in [9.17, 15) is 10.2 Å². The number of hydrogen-bond acceptors (Lipinski definition) is 3. The Balaban J connectivity index is 2.08. The zero-order valence-electron chi connectivity index (χ0n) is 11.2. The molecule has 4 heteroatoms. The van der Waals surface area contributed by atoms with Crippen molar-refractivity contribution in [3.05, 3.63) is 64.1 Å². The van der Waals surface area contributed by atoms with Gasteiger partial charge in [0.25, 0.3) is 0 Å². The Morgan fingerprint density at radius 2 is 1.80 bits per heavy atom. The lowest BCUT2D eigenvalue weighted by Crippen LogP contribution is -2.11. The number of aliphatic hydroxyl groups is 2. The van der Waals surface area contributed by atoms with Gasteiger partial charge < -0.3 is 14.9 Å². The molecule has 0 saturated heterocycles. The highest BCUT2D eigenvalue weighted by molar-refractivity contribution is 9.10. The largest absolute Gasteiger partial charge is 0.490 e. The predicted molar refractivity (Wildman–Crippen MR) is 81.7 cm³/mol. The molecular formula is C16H17BrO3. The van der Waals surface area contributed by atoms with Gasteiger partial charge in [0, 0.05) is 10.0 Å². The maximum Gasteiger partial charge on any atom is 0.125 e. The molecule has 2 rings (SSSR count). The number of ether oxygens (including phenoxy) is 1. The second-order valence-corrected chi connectivity index (χ2v) is 5.51. The van der Waals surface area contributed by atoms with Crippen LogP contribution in [0.3, 0.4) is 0 Å². The van der Waals surface area contributed by atoms with Gasteiger partial charge in [-0.1, -0.05) is 46.3 Å². The Kier molecular flexibility index (Phi) is 5.17. The van der Waals surface area contributed by atoms with Gasteiger partial charge in [0.1, 0.15) is 18.5 Å². The van der Waals surface area contributed by atoms with Crippen LogP contribution in [0.1, 0.15) is 30.3 Å². The van der Waals surface area contributed by atoms with Gasteiger partial charge in [-0.15, -0.1) is 0 Å². The summed E-state index contributed by atoms with van der Waals surface area (Å²) in [6, 6.07) is 14.8. The summed E-state index contributed by atoms with van der Waals surface area (Å²) in [6.45, 7) is 1.83. The van der Waals surface area contributed by atoms with E-state index in [1.54, 1.807) is 13.0 Å². The minimum atomic E-state index is -0.693. The number of aliphatic hydroxyl groups excluding tert-OH is 2. The third kappa shape index (κ3) is 3.82. The number of rotatable bonds is 5. The average molecular weight is 337 g/mol. The number of benzene rings is 2. The van der Waals surface area contributed by atoms with Gasteiger partial charge >= 0.3 is 0 Å². The summed E-state index contributed by atoms with van der Waals surface area (Å²) < 4.78 is 6.52. The number of hydrogen-bond donors (Lipinski definition) is 2. The minimum absolute atomic E-state index is 0.144. The highest BCUT2D eigenvalue weighted by Crippen LogP contribution is 2.29. The predicted octanol–water partition coefficient (Wildman–Crippen LogP) is 3.61. The zero-order chi connectivity index (χ0) is 14.5. The van der Waals surface area contributed by atoms with E-state index in [2.05, 4.69) is 15.9 Å². The van der Waals surface area contributed by atoms with Crippen LogP contribution in [-0.2, 0) is 0 Å². The van der Waals surface area contributed by atoms with Gasteiger partial charge in [-0.25, -0.2) is 0 Å². The Bertz CT molecular complexity index is 555. The van der Waals surface area contributed by atoms with Crippen LogP contribution >= 0.6 is 15.9 Å². The average Bonchev–Trinajstić information content (AvgIpc) is 2.46. The molecule has 0 amide bonds. The van der Waals surface area contributed by atoms with E-state index >= 15 is 0 Å². The second-order valence-electron chi connectivity index (χ2n) is 4.60. The highest BCUT2D eigenvalue weighted by Gasteiger charge is 2.13. The fourth-order valence-corrected chi connectivity index (χ4v) is 2.30. The van der Waals surface area contributed by atoms with Crippen molar-refractivity contribution < 1.29 is 14.9 Å². The molecule has 2 N–H and O–H groups in total. The molecule has 0 aromatic heterocycles. The van der Waals surface area contributed by atoms with Crippen molar-refractivity contribution in [2.24, 2.45) is 0 Å². The van der Waals surface area contributed by atoms with Crippen molar-refractivity contribution in [1.82, 2.24) is 0 Å². The fourth-order valence-electron chi connectivity index (χ4n) is 1.92. The first-order valence-corrected chi connectivity index (χ1v) is 7.20. The second kappa shape index (κ2) is 6.88. The number of halogens is 1. The third-order valence-electron chi connectivity index (χ3n) is 3.00. The van der Waals surface area contributed by atoms with Crippen LogP contribution in [0.2, 0.25) is 0 Å². The van der Waals surface area contributed by atoms with Crippen molar-refractivity contribution >= 4 is 15.9 Å². The third-order valence-corrected chi connectivity index (χ3v) is 3.50. The Morgan fingerprint density at radius 1 is 1.10 bits per heavy atom. The Labute approximate surface area is 127 Å². The highest BCUT2D eigenvalue weighted by atomic mass is 79.9. The van der Waals surface area contributed by atoms with Gasteiger partial charge in [0.15, 0.2) is 0 Å². The summed E-state index contributed by atoms with van der Waals surface area (Å²) in [5.74, 6) is 0.582. The standard InChI is InChI=1S/C16H17BrO3/c1-11(18)14-9-13(17)7-8-16(14)20-10-15(19)12-5-3-2-4-6-12/h2-9,11,15,18-19H,10H2,1H3/t11-,15?/m0/s1. The first kappa shape index (κ1) is 15.0.